The van der Waals surface area contributed by atoms with Crippen molar-refractivity contribution in [3.05, 3.63) is 18.5 Å². The number of hydrogen-bond acceptors (Lipinski definition) is 4. The van der Waals surface area contributed by atoms with Gasteiger partial charge in [-0.15, -0.1) is 0 Å². The van der Waals surface area contributed by atoms with Gasteiger partial charge in [-0.1, -0.05) is 0 Å². The van der Waals surface area contributed by atoms with Crippen LogP contribution in [0.2, 0.25) is 0 Å². The molecule has 1 aliphatic heterocycles. The molecule has 1 aromatic rings. The van der Waals surface area contributed by atoms with Crippen LogP contribution in [0.3, 0.4) is 0 Å². The zero-order valence-corrected chi connectivity index (χ0v) is 14.3. The molecule has 1 saturated heterocycles. The third kappa shape index (κ3) is 3.79. The summed E-state index contributed by atoms with van der Waals surface area (Å²) in [6, 6.07) is 1.91. The highest BCUT2D eigenvalue weighted by molar-refractivity contribution is 7.92. The van der Waals surface area contributed by atoms with Crippen LogP contribution in [0.25, 0.3) is 0 Å². The smallest absolute Gasteiger partial charge is 0.193 e. The highest BCUT2D eigenvalue weighted by Gasteiger charge is 2.40. The number of nitrogens with one attached hydrogen (secondary N) is 1. The molecule has 0 bridgehead atoms. The fourth-order valence-corrected chi connectivity index (χ4v) is 3.90. The van der Waals surface area contributed by atoms with E-state index in [1.54, 1.807) is 27.1 Å². The van der Waals surface area contributed by atoms with Crippen LogP contribution < -0.4 is 5.32 Å². The van der Waals surface area contributed by atoms with E-state index in [9.17, 15) is 8.42 Å². The molecule has 0 saturated carbocycles. The van der Waals surface area contributed by atoms with Gasteiger partial charge in [-0.05, 0) is 26.3 Å². The Hall–Kier alpha value is -1.57. The summed E-state index contributed by atoms with van der Waals surface area (Å²) in [6.07, 6.45) is 4.63. The van der Waals surface area contributed by atoms with Crippen LogP contribution in [0.5, 0.6) is 0 Å². The maximum Gasteiger partial charge on any atom is 0.193 e. The number of aliphatic imine (C=N–C) groups is 1. The summed E-state index contributed by atoms with van der Waals surface area (Å²) in [7, 11) is -1.30. The minimum Gasteiger partial charge on any atom is -0.356 e. The van der Waals surface area contributed by atoms with Crippen LogP contribution >= 0.6 is 0 Å². The Labute approximate surface area is 132 Å². The number of nitrogens with zero attached hydrogens (tertiary/aromatic N) is 4. The van der Waals surface area contributed by atoms with Crippen molar-refractivity contribution in [2.75, 3.05) is 32.4 Å². The van der Waals surface area contributed by atoms with E-state index in [2.05, 4.69) is 15.4 Å². The van der Waals surface area contributed by atoms with Crippen molar-refractivity contribution < 1.29 is 8.42 Å². The van der Waals surface area contributed by atoms with Crippen molar-refractivity contribution in [2.24, 2.45) is 4.99 Å². The lowest BCUT2D eigenvalue weighted by molar-refractivity contribution is 0.352. The van der Waals surface area contributed by atoms with Crippen molar-refractivity contribution in [3.8, 4) is 0 Å². The largest absolute Gasteiger partial charge is 0.356 e. The standard InChI is InChI=1S/C14H25N5O2S/c1-14(2)12-18(10-11-22(14,20)21)13(15-3)16-6-4-8-19-9-5-7-17-19/h5,7,9H,4,6,8,10-12H2,1-3H3,(H,15,16). The second-order valence-electron chi connectivity index (χ2n) is 6.10. The molecule has 2 heterocycles. The Morgan fingerprint density at radius 3 is 2.82 bits per heavy atom. The van der Waals surface area contributed by atoms with Crippen molar-refractivity contribution >= 4 is 15.8 Å². The maximum absolute atomic E-state index is 12.1. The first-order chi connectivity index (χ1) is 10.4. The SMILES string of the molecule is CN=C(NCCCn1cccn1)N1CCS(=O)(=O)C(C)(C)C1. The third-order valence-corrected chi connectivity index (χ3v) is 6.49. The molecule has 1 aromatic heterocycles. The Bertz CT molecular complexity index is 607. The number of guanidine groups is 1. The van der Waals surface area contributed by atoms with Crippen LogP contribution in [0.15, 0.2) is 23.5 Å². The molecular formula is C14H25N5O2S. The lowest BCUT2D eigenvalue weighted by Gasteiger charge is -2.39. The lowest BCUT2D eigenvalue weighted by Crippen LogP contribution is -2.57. The van der Waals surface area contributed by atoms with E-state index in [4.69, 9.17) is 0 Å². The molecule has 7 nitrogen and oxygen atoms in total. The van der Waals surface area contributed by atoms with E-state index in [0.29, 0.717) is 13.1 Å². The quantitative estimate of drug-likeness (QED) is 0.491. The summed E-state index contributed by atoms with van der Waals surface area (Å²) in [6.45, 7) is 6.13. The van der Waals surface area contributed by atoms with Crippen LogP contribution in [0.1, 0.15) is 20.3 Å². The van der Waals surface area contributed by atoms with Crippen LogP contribution in [0.4, 0.5) is 0 Å². The molecule has 1 N–H and O–H groups in total. The molecule has 2 rings (SSSR count). The number of aryl methyl sites for hydroxylation is 1. The van der Waals surface area contributed by atoms with E-state index in [1.807, 2.05) is 21.8 Å². The van der Waals surface area contributed by atoms with Gasteiger partial charge in [0.2, 0.25) is 0 Å². The number of hydrogen-bond donors (Lipinski definition) is 1. The first-order valence-corrected chi connectivity index (χ1v) is 9.16. The normalized spacial score (nSPS) is 20.9. The van der Waals surface area contributed by atoms with Crippen molar-refractivity contribution in [3.63, 3.8) is 0 Å². The Kier molecular flexibility index (Phi) is 5.10. The number of aromatic nitrogens is 2. The van der Waals surface area contributed by atoms with Gasteiger partial charge in [0.15, 0.2) is 15.8 Å². The van der Waals surface area contributed by atoms with Gasteiger partial charge in [0.25, 0.3) is 0 Å². The topological polar surface area (TPSA) is 79.6 Å². The molecule has 1 aliphatic rings. The zero-order chi connectivity index (χ0) is 16.2. The fourth-order valence-electron chi connectivity index (χ4n) is 2.53. The van der Waals surface area contributed by atoms with Gasteiger partial charge >= 0.3 is 0 Å². The van der Waals surface area contributed by atoms with Crippen molar-refractivity contribution in [2.45, 2.75) is 31.6 Å². The highest BCUT2D eigenvalue weighted by Crippen LogP contribution is 2.23. The Morgan fingerprint density at radius 1 is 1.45 bits per heavy atom. The maximum atomic E-state index is 12.1. The van der Waals surface area contributed by atoms with Crippen LogP contribution in [0, 0.1) is 0 Å². The molecule has 0 unspecified atom stereocenters. The second-order valence-corrected chi connectivity index (χ2v) is 8.84. The second kappa shape index (κ2) is 6.68. The molecule has 0 aromatic carbocycles. The zero-order valence-electron chi connectivity index (χ0n) is 13.5. The van der Waals surface area contributed by atoms with Gasteiger partial charge in [0.1, 0.15) is 0 Å². The van der Waals surface area contributed by atoms with Crippen LogP contribution in [-0.4, -0.2) is 66.2 Å². The van der Waals surface area contributed by atoms with Crippen LogP contribution in [-0.2, 0) is 16.4 Å². The molecular weight excluding hydrogens is 302 g/mol. The molecule has 0 atom stereocenters. The van der Waals surface area contributed by atoms with E-state index >= 15 is 0 Å². The van der Waals surface area contributed by atoms with E-state index in [0.717, 1.165) is 25.5 Å². The van der Waals surface area contributed by atoms with Crippen molar-refractivity contribution in [1.29, 1.82) is 0 Å². The summed E-state index contributed by atoms with van der Waals surface area (Å²) >= 11 is 0. The molecule has 22 heavy (non-hydrogen) atoms. The predicted octanol–water partition coefficient (Wildman–Crippen LogP) is 0.358. The van der Waals surface area contributed by atoms with Gasteiger partial charge in [0, 0.05) is 45.6 Å². The molecule has 0 amide bonds. The minimum absolute atomic E-state index is 0.175. The van der Waals surface area contributed by atoms with Gasteiger partial charge in [-0.25, -0.2) is 8.42 Å². The summed E-state index contributed by atoms with van der Waals surface area (Å²) in [5.41, 5.74) is 0. The van der Waals surface area contributed by atoms with Crippen molar-refractivity contribution in [1.82, 2.24) is 20.0 Å². The molecule has 0 spiro atoms. The first-order valence-electron chi connectivity index (χ1n) is 7.51. The van der Waals surface area contributed by atoms with Gasteiger partial charge in [-0.3, -0.25) is 9.67 Å². The number of sulfone groups is 1. The first kappa shape index (κ1) is 16.8. The third-order valence-electron chi connectivity index (χ3n) is 3.96. The van der Waals surface area contributed by atoms with E-state index in [1.165, 1.54) is 0 Å². The Balaban J connectivity index is 1.84. The highest BCUT2D eigenvalue weighted by atomic mass is 32.2. The molecule has 0 aliphatic carbocycles. The minimum atomic E-state index is -3.03. The summed E-state index contributed by atoms with van der Waals surface area (Å²) in [5.74, 6) is 0.942. The molecule has 0 radical (unpaired) electrons. The molecule has 8 heteroatoms. The summed E-state index contributed by atoms with van der Waals surface area (Å²) in [5, 5.41) is 7.47. The summed E-state index contributed by atoms with van der Waals surface area (Å²) < 4.78 is 25.3. The predicted molar refractivity (Wildman–Crippen MR) is 87.6 cm³/mol. The van der Waals surface area contributed by atoms with Gasteiger partial charge in [-0.2, -0.15) is 5.10 Å². The number of rotatable bonds is 4. The summed E-state index contributed by atoms with van der Waals surface area (Å²) in [4.78, 5) is 6.30. The molecule has 1 fully saturated rings. The lowest BCUT2D eigenvalue weighted by atomic mass is 10.2. The monoisotopic (exact) mass is 327 g/mol. The van der Waals surface area contributed by atoms with E-state index < -0.39 is 14.6 Å². The van der Waals surface area contributed by atoms with Gasteiger partial charge in [0.05, 0.1) is 10.5 Å². The van der Waals surface area contributed by atoms with E-state index in [-0.39, 0.29) is 5.75 Å². The average Bonchev–Trinajstić information content (AvgIpc) is 2.95. The fraction of sp³-hybridized carbons (Fsp3) is 0.714. The Morgan fingerprint density at radius 2 is 2.23 bits per heavy atom. The molecule has 124 valence electrons. The van der Waals surface area contributed by atoms with Gasteiger partial charge < -0.3 is 10.2 Å². The average molecular weight is 327 g/mol.